The van der Waals surface area contributed by atoms with Gasteiger partial charge >= 0.3 is 0 Å². The van der Waals surface area contributed by atoms with Crippen molar-refractivity contribution in [2.24, 2.45) is 47.3 Å². The second kappa shape index (κ2) is 9.26. The third kappa shape index (κ3) is 3.63. The first-order valence-corrected chi connectivity index (χ1v) is 15.2. The Labute approximate surface area is 253 Å². The Bertz CT molecular complexity index is 1660. The van der Waals surface area contributed by atoms with Gasteiger partial charge in [0.15, 0.2) is 0 Å². The van der Waals surface area contributed by atoms with Crippen LogP contribution >= 0.6 is 0 Å². The predicted octanol–water partition coefficient (Wildman–Crippen LogP) is 5.89. The van der Waals surface area contributed by atoms with Crippen LogP contribution in [0.1, 0.15) is 12.8 Å². The molecule has 0 radical (unpaired) electrons. The summed E-state index contributed by atoms with van der Waals surface area (Å²) in [5, 5.41) is 0. The maximum absolute atomic E-state index is 13.3. The lowest BCUT2D eigenvalue weighted by atomic mass is 9.85. The van der Waals surface area contributed by atoms with Gasteiger partial charge < -0.3 is 9.47 Å². The number of hydrogen-bond acceptors (Lipinski definition) is 6. The maximum Gasteiger partial charge on any atom is 0.238 e. The molecule has 2 heterocycles. The van der Waals surface area contributed by atoms with Crippen LogP contribution in [0.4, 0.5) is 11.4 Å². The molecule has 4 amide bonds. The van der Waals surface area contributed by atoms with Gasteiger partial charge in [-0.1, -0.05) is 42.5 Å². The molecule has 0 spiro atoms. The van der Waals surface area contributed by atoms with Crippen LogP contribution in [0.5, 0.6) is 23.0 Å². The number of ether oxygens (including phenoxy) is 2. The van der Waals surface area contributed by atoms with Crippen molar-refractivity contribution in [3.8, 4) is 23.0 Å². The van der Waals surface area contributed by atoms with Gasteiger partial charge in [0, 0.05) is 18.2 Å². The van der Waals surface area contributed by atoms with Crippen molar-refractivity contribution in [1.29, 1.82) is 0 Å². The normalized spacial score (nSPS) is 32.3. The van der Waals surface area contributed by atoms with E-state index in [9.17, 15) is 19.2 Å². The zero-order valence-electron chi connectivity index (χ0n) is 23.6. The van der Waals surface area contributed by atoms with Crippen molar-refractivity contribution >= 4 is 35.0 Å². The van der Waals surface area contributed by atoms with Gasteiger partial charge in [-0.2, -0.15) is 0 Å². The quantitative estimate of drug-likeness (QED) is 0.265. The van der Waals surface area contributed by atoms with E-state index in [0.29, 0.717) is 34.4 Å². The monoisotopic (exact) mass is 584 g/mol. The average Bonchev–Trinajstić information content (AvgIpc) is 3.87. The zero-order chi connectivity index (χ0) is 29.7. The van der Waals surface area contributed by atoms with Gasteiger partial charge in [-0.05, 0) is 72.9 Å². The van der Waals surface area contributed by atoms with E-state index < -0.39 is 0 Å². The Morgan fingerprint density at radius 3 is 1.14 bits per heavy atom. The summed E-state index contributed by atoms with van der Waals surface area (Å²) in [7, 11) is 0. The number of rotatable bonds is 6. The molecule has 2 saturated heterocycles. The summed E-state index contributed by atoms with van der Waals surface area (Å²) in [4.78, 5) is 55.7. The number of amides is 4. The zero-order valence-corrected chi connectivity index (χ0v) is 23.6. The van der Waals surface area contributed by atoms with E-state index >= 15 is 0 Å². The van der Waals surface area contributed by atoms with E-state index in [4.69, 9.17) is 9.47 Å². The second-order valence-corrected chi connectivity index (χ2v) is 12.7. The third-order valence-electron chi connectivity index (χ3n) is 10.4. The Balaban J connectivity index is 0.918. The summed E-state index contributed by atoms with van der Waals surface area (Å²) < 4.78 is 12.3. The van der Waals surface area contributed by atoms with Crippen LogP contribution in [0.25, 0.3) is 0 Å². The highest BCUT2D eigenvalue weighted by atomic mass is 16.5. The van der Waals surface area contributed by atoms with Crippen molar-refractivity contribution in [3.05, 3.63) is 97.1 Å². The van der Waals surface area contributed by atoms with Gasteiger partial charge in [0.2, 0.25) is 23.6 Å². The van der Waals surface area contributed by atoms with Crippen LogP contribution < -0.4 is 19.3 Å². The second-order valence-electron chi connectivity index (χ2n) is 12.7. The molecule has 44 heavy (non-hydrogen) atoms. The summed E-state index contributed by atoms with van der Waals surface area (Å²) in [6, 6.07) is 21.2. The minimum Gasteiger partial charge on any atom is -0.457 e. The molecule has 4 fully saturated rings. The van der Waals surface area contributed by atoms with Crippen LogP contribution in [0.15, 0.2) is 97.1 Å². The first-order chi connectivity index (χ1) is 21.4. The summed E-state index contributed by atoms with van der Waals surface area (Å²) in [6.45, 7) is 0. The maximum atomic E-state index is 13.3. The van der Waals surface area contributed by atoms with E-state index in [0.717, 1.165) is 12.8 Å². The molecular formula is C36H28N2O6. The van der Waals surface area contributed by atoms with Gasteiger partial charge in [0.25, 0.3) is 0 Å². The molecule has 8 heteroatoms. The molecule has 0 aromatic heterocycles. The fourth-order valence-corrected chi connectivity index (χ4v) is 8.56. The molecule has 3 aromatic rings. The first-order valence-electron chi connectivity index (χ1n) is 15.2. The number of fused-ring (bicyclic) bond motifs is 10. The van der Waals surface area contributed by atoms with Gasteiger partial charge in [0.1, 0.15) is 23.0 Å². The van der Waals surface area contributed by atoms with Crippen molar-refractivity contribution in [2.75, 3.05) is 9.80 Å². The third-order valence-corrected chi connectivity index (χ3v) is 10.4. The van der Waals surface area contributed by atoms with Crippen molar-refractivity contribution in [3.63, 3.8) is 0 Å². The predicted molar refractivity (Wildman–Crippen MR) is 160 cm³/mol. The molecule has 0 unspecified atom stereocenters. The van der Waals surface area contributed by atoms with Crippen molar-refractivity contribution in [2.45, 2.75) is 12.8 Å². The highest BCUT2D eigenvalue weighted by molar-refractivity contribution is 6.23. The van der Waals surface area contributed by atoms with E-state index in [2.05, 4.69) is 24.3 Å². The van der Waals surface area contributed by atoms with Crippen molar-refractivity contribution < 1.29 is 28.7 Å². The van der Waals surface area contributed by atoms with Crippen LogP contribution in [0, 0.1) is 47.3 Å². The smallest absolute Gasteiger partial charge is 0.238 e. The van der Waals surface area contributed by atoms with E-state index in [1.165, 1.54) is 9.80 Å². The number of carbonyl (C=O) groups is 4. The molecule has 0 N–H and O–H groups in total. The highest BCUT2D eigenvalue weighted by Crippen LogP contribution is 2.54. The summed E-state index contributed by atoms with van der Waals surface area (Å²) in [5.41, 5.74) is 1.02. The molecule has 6 aliphatic rings. The largest absolute Gasteiger partial charge is 0.457 e. The molecule has 8 nitrogen and oxygen atoms in total. The number of carbonyl (C=O) groups excluding carboxylic acids is 4. The van der Waals surface area contributed by atoms with Crippen molar-refractivity contribution in [1.82, 2.24) is 0 Å². The number of benzene rings is 3. The molecule has 4 aliphatic carbocycles. The molecule has 218 valence electrons. The van der Waals surface area contributed by atoms with Crippen LogP contribution in [-0.2, 0) is 19.2 Å². The molecule has 2 saturated carbocycles. The lowest BCUT2D eigenvalue weighted by Gasteiger charge is -2.18. The SMILES string of the molecule is O=C1[C@@H]2[C@@H](C(=O)N1c1cccc(Oc3cccc(Oc4cccc(N5C(=O)[C@@H]6[C@H](C5=O)[C@@H]5C=C[C@H]6C5)c4)c3)c1)[C@H]1C=C[C@H]2C1. The molecule has 4 bridgehead atoms. The summed E-state index contributed by atoms with van der Waals surface area (Å²) >= 11 is 0. The highest BCUT2D eigenvalue weighted by Gasteiger charge is 2.60. The summed E-state index contributed by atoms with van der Waals surface area (Å²) in [5.74, 6) is 1.03. The van der Waals surface area contributed by atoms with Crippen LogP contribution in [0.2, 0.25) is 0 Å². The average molecular weight is 585 g/mol. The lowest BCUT2D eigenvalue weighted by molar-refractivity contribution is -0.124. The van der Waals surface area contributed by atoms with Crippen LogP contribution in [0.3, 0.4) is 0 Å². The number of allylic oxidation sites excluding steroid dienone is 4. The lowest BCUT2D eigenvalue weighted by Crippen LogP contribution is -2.32. The van der Waals surface area contributed by atoms with Gasteiger partial charge in [-0.15, -0.1) is 0 Å². The molecule has 8 atom stereocenters. The molecule has 9 rings (SSSR count). The van der Waals surface area contributed by atoms with Crippen LogP contribution in [-0.4, -0.2) is 23.6 Å². The number of imide groups is 2. The first kappa shape index (κ1) is 25.5. The van der Waals surface area contributed by atoms with Gasteiger partial charge in [0.05, 0.1) is 35.0 Å². The standard InChI is InChI=1S/C36H28N2O6/c39-33-29-19-10-11-20(14-19)30(29)34(40)37(33)23-4-1-6-25(16-23)43-27-8-3-9-28(18-27)44-26-7-2-5-24(17-26)38-35(41)31-21-12-13-22(15-21)32(31)36(38)42/h1-13,16-22,29-32H,14-15H2/t19-,20-,21-,22+,29-,30-,31-,32+/m0/s1. The Morgan fingerprint density at radius 1 is 0.455 bits per heavy atom. The van der Waals surface area contributed by atoms with E-state index in [-0.39, 0.29) is 71.0 Å². The molecule has 3 aromatic carbocycles. The van der Waals surface area contributed by atoms with Gasteiger partial charge in [-0.3, -0.25) is 19.2 Å². The molecule has 2 aliphatic heterocycles. The minimum absolute atomic E-state index is 0.129. The number of hydrogen-bond donors (Lipinski definition) is 0. The Morgan fingerprint density at radius 2 is 0.773 bits per heavy atom. The fraction of sp³-hybridized carbons (Fsp3) is 0.278. The topological polar surface area (TPSA) is 93.2 Å². The van der Waals surface area contributed by atoms with Gasteiger partial charge in [-0.25, -0.2) is 9.80 Å². The van der Waals surface area contributed by atoms with E-state index in [1.54, 1.807) is 72.8 Å². The Hall–Kier alpha value is -4.98. The number of anilines is 2. The number of nitrogens with zero attached hydrogens (tertiary/aromatic N) is 2. The fourth-order valence-electron chi connectivity index (χ4n) is 8.56. The van der Waals surface area contributed by atoms with E-state index in [1.807, 2.05) is 0 Å². The molecular weight excluding hydrogens is 556 g/mol. The Kier molecular flexibility index (Phi) is 5.37. The summed E-state index contributed by atoms with van der Waals surface area (Å²) in [6.07, 6.45) is 10.1. The minimum atomic E-state index is -0.261.